The van der Waals surface area contributed by atoms with Gasteiger partial charge in [-0.25, -0.2) is 4.98 Å². The molecule has 0 N–H and O–H groups in total. The van der Waals surface area contributed by atoms with Crippen LogP contribution in [0.4, 0.5) is 0 Å². The quantitative estimate of drug-likeness (QED) is 0.195. The molecule has 0 aliphatic heterocycles. The maximum absolute atomic E-state index is 13.6. The second-order valence-electron chi connectivity index (χ2n) is 7.89. The van der Waals surface area contributed by atoms with Gasteiger partial charge in [0.25, 0.3) is 5.56 Å². The normalized spacial score (nSPS) is 11.3. The van der Waals surface area contributed by atoms with Gasteiger partial charge in [0, 0.05) is 44.3 Å². The highest BCUT2D eigenvalue weighted by Gasteiger charge is 2.18. The number of thioether (sulfide) groups is 1. The van der Waals surface area contributed by atoms with Crippen LogP contribution in [0.1, 0.15) is 24.5 Å². The summed E-state index contributed by atoms with van der Waals surface area (Å²) in [5.41, 5.74) is 5.90. The fourth-order valence-electron chi connectivity index (χ4n) is 3.79. The fraction of sp³-hybridized carbons (Fsp3) is 0.308. The van der Waals surface area contributed by atoms with Crippen molar-refractivity contribution in [2.24, 2.45) is 7.05 Å². The number of aromatic nitrogens is 3. The Bertz CT molecular complexity index is 1240. The van der Waals surface area contributed by atoms with Gasteiger partial charge < -0.3 is 9.30 Å². The summed E-state index contributed by atoms with van der Waals surface area (Å²) in [7, 11) is 1.92. The molecular formula is C26H29N3O2S. The SMILES string of the molecule is CCOCCCn1c(SCc2ccc(C)cc2)nc2c(-c3ccccc3)cn(C)c2c1=O. The minimum Gasteiger partial charge on any atom is -0.382 e. The van der Waals surface area contributed by atoms with Crippen LogP contribution in [0.15, 0.2) is 70.7 Å². The third-order valence-corrected chi connectivity index (χ3v) is 6.54. The standard InChI is InChI=1S/C26H29N3O2S/c1-4-31-16-8-15-29-25(30)24-23(22(17-28(24)3)21-9-6-5-7-10-21)27-26(29)32-18-20-13-11-19(2)12-14-20/h5-7,9-14,17H,4,8,15-16,18H2,1-3H3. The average Bonchev–Trinajstić information content (AvgIpc) is 3.14. The number of rotatable bonds is 9. The second-order valence-corrected chi connectivity index (χ2v) is 8.84. The third-order valence-electron chi connectivity index (χ3n) is 5.49. The summed E-state index contributed by atoms with van der Waals surface area (Å²) in [5, 5.41) is 0.753. The van der Waals surface area contributed by atoms with E-state index in [0.717, 1.165) is 34.0 Å². The van der Waals surface area contributed by atoms with E-state index in [9.17, 15) is 4.79 Å². The first-order valence-electron chi connectivity index (χ1n) is 11.0. The highest BCUT2D eigenvalue weighted by molar-refractivity contribution is 7.98. The maximum atomic E-state index is 13.6. The van der Waals surface area contributed by atoms with E-state index in [0.29, 0.717) is 25.3 Å². The van der Waals surface area contributed by atoms with Crippen molar-refractivity contribution in [3.8, 4) is 11.1 Å². The van der Waals surface area contributed by atoms with Crippen LogP contribution in [-0.4, -0.2) is 27.3 Å². The fourth-order valence-corrected chi connectivity index (χ4v) is 4.76. The number of ether oxygens (including phenoxy) is 1. The van der Waals surface area contributed by atoms with Crippen LogP contribution in [0, 0.1) is 6.92 Å². The van der Waals surface area contributed by atoms with Gasteiger partial charge in [-0.15, -0.1) is 0 Å². The van der Waals surface area contributed by atoms with Crippen molar-refractivity contribution in [2.45, 2.75) is 37.7 Å². The molecule has 5 nitrogen and oxygen atoms in total. The highest BCUT2D eigenvalue weighted by atomic mass is 32.2. The summed E-state index contributed by atoms with van der Waals surface area (Å²) in [5.74, 6) is 0.761. The van der Waals surface area contributed by atoms with Crippen LogP contribution >= 0.6 is 11.8 Å². The second kappa shape index (κ2) is 10.2. The number of hydrogen-bond donors (Lipinski definition) is 0. The number of fused-ring (bicyclic) bond motifs is 1. The van der Waals surface area contributed by atoms with E-state index in [2.05, 4.69) is 43.3 Å². The Balaban J connectivity index is 1.76. The van der Waals surface area contributed by atoms with E-state index >= 15 is 0 Å². The molecule has 0 bridgehead atoms. The van der Waals surface area contributed by atoms with Crippen LogP contribution in [0.2, 0.25) is 0 Å². The Morgan fingerprint density at radius 1 is 1.06 bits per heavy atom. The summed E-state index contributed by atoms with van der Waals surface area (Å²) in [4.78, 5) is 18.6. The van der Waals surface area contributed by atoms with Crippen molar-refractivity contribution in [3.63, 3.8) is 0 Å². The smallest absolute Gasteiger partial charge is 0.278 e. The summed E-state index contributed by atoms with van der Waals surface area (Å²) in [6.07, 6.45) is 2.78. The van der Waals surface area contributed by atoms with Crippen molar-refractivity contribution < 1.29 is 4.74 Å². The molecule has 0 radical (unpaired) electrons. The van der Waals surface area contributed by atoms with Crippen molar-refractivity contribution in [3.05, 3.63) is 82.3 Å². The van der Waals surface area contributed by atoms with Crippen LogP contribution in [-0.2, 0) is 24.1 Å². The third kappa shape index (κ3) is 4.81. The van der Waals surface area contributed by atoms with Gasteiger partial charge in [-0.3, -0.25) is 9.36 Å². The van der Waals surface area contributed by atoms with Crippen molar-refractivity contribution in [2.75, 3.05) is 13.2 Å². The van der Waals surface area contributed by atoms with E-state index < -0.39 is 0 Å². The molecule has 32 heavy (non-hydrogen) atoms. The first-order chi connectivity index (χ1) is 15.6. The first-order valence-corrected chi connectivity index (χ1v) is 12.0. The van der Waals surface area contributed by atoms with Gasteiger partial charge in [-0.1, -0.05) is 71.9 Å². The molecular weight excluding hydrogens is 418 g/mol. The zero-order valence-corrected chi connectivity index (χ0v) is 19.7. The maximum Gasteiger partial charge on any atom is 0.278 e. The van der Waals surface area contributed by atoms with Crippen LogP contribution in [0.25, 0.3) is 22.2 Å². The molecule has 166 valence electrons. The number of benzene rings is 2. The van der Waals surface area contributed by atoms with Crippen LogP contribution in [0.5, 0.6) is 0 Å². The molecule has 0 spiro atoms. The Morgan fingerprint density at radius 2 is 1.81 bits per heavy atom. The van der Waals surface area contributed by atoms with Crippen LogP contribution < -0.4 is 5.56 Å². The van der Waals surface area contributed by atoms with Gasteiger partial charge in [0.2, 0.25) is 0 Å². The average molecular weight is 448 g/mol. The van der Waals surface area contributed by atoms with Crippen molar-refractivity contribution in [1.29, 1.82) is 0 Å². The van der Waals surface area contributed by atoms with Crippen LogP contribution in [0.3, 0.4) is 0 Å². The molecule has 4 rings (SSSR count). The van der Waals surface area contributed by atoms with Crippen molar-refractivity contribution in [1.82, 2.24) is 14.1 Å². The summed E-state index contributed by atoms with van der Waals surface area (Å²) >= 11 is 1.61. The molecule has 0 saturated carbocycles. The molecule has 2 aromatic carbocycles. The van der Waals surface area contributed by atoms with Gasteiger partial charge in [-0.05, 0) is 31.4 Å². The lowest BCUT2D eigenvalue weighted by atomic mass is 10.1. The Hall–Kier alpha value is -2.83. The largest absolute Gasteiger partial charge is 0.382 e. The lowest BCUT2D eigenvalue weighted by Crippen LogP contribution is -2.25. The number of nitrogens with zero attached hydrogens (tertiary/aromatic N) is 3. The lowest BCUT2D eigenvalue weighted by molar-refractivity contribution is 0.140. The molecule has 0 saturated heterocycles. The van der Waals surface area contributed by atoms with E-state index in [1.807, 2.05) is 47.5 Å². The molecule has 0 amide bonds. The highest BCUT2D eigenvalue weighted by Crippen LogP contribution is 2.30. The molecule has 2 heterocycles. The molecule has 0 fully saturated rings. The van der Waals surface area contributed by atoms with E-state index in [1.165, 1.54) is 11.1 Å². The van der Waals surface area contributed by atoms with Gasteiger partial charge in [0.15, 0.2) is 5.16 Å². The number of aryl methyl sites for hydroxylation is 2. The minimum atomic E-state index is 0.00239. The zero-order chi connectivity index (χ0) is 22.5. The molecule has 0 unspecified atom stereocenters. The predicted molar refractivity (Wildman–Crippen MR) is 132 cm³/mol. The molecule has 2 aromatic heterocycles. The van der Waals surface area contributed by atoms with Crippen molar-refractivity contribution >= 4 is 22.8 Å². The predicted octanol–water partition coefficient (Wildman–Crippen LogP) is 5.43. The first kappa shape index (κ1) is 22.4. The summed E-state index contributed by atoms with van der Waals surface area (Å²) < 4.78 is 9.22. The summed E-state index contributed by atoms with van der Waals surface area (Å²) in [6.45, 7) is 5.97. The topological polar surface area (TPSA) is 49.0 Å². The van der Waals surface area contributed by atoms with Gasteiger partial charge in [0.05, 0.1) is 0 Å². The molecule has 6 heteroatoms. The minimum absolute atomic E-state index is 0.00239. The molecule has 0 aliphatic rings. The monoisotopic (exact) mass is 447 g/mol. The van der Waals surface area contributed by atoms with Gasteiger partial charge in [0.1, 0.15) is 11.0 Å². The van der Waals surface area contributed by atoms with E-state index in [4.69, 9.17) is 9.72 Å². The lowest BCUT2D eigenvalue weighted by Gasteiger charge is -2.13. The Labute approximate surface area is 193 Å². The zero-order valence-electron chi connectivity index (χ0n) is 18.9. The van der Waals surface area contributed by atoms with E-state index in [-0.39, 0.29) is 5.56 Å². The Morgan fingerprint density at radius 3 is 2.53 bits per heavy atom. The molecule has 0 atom stereocenters. The number of hydrogen-bond acceptors (Lipinski definition) is 4. The molecule has 4 aromatic rings. The summed E-state index contributed by atoms with van der Waals surface area (Å²) in [6, 6.07) is 18.6. The van der Waals surface area contributed by atoms with Gasteiger partial charge in [-0.2, -0.15) is 0 Å². The molecule has 0 aliphatic carbocycles. The van der Waals surface area contributed by atoms with Gasteiger partial charge >= 0.3 is 0 Å². The van der Waals surface area contributed by atoms with E-state index in [1.54, 1.807) is 11.8 Å². The Kier molecular flexibility index (Phi) is 7.12.